The number of halogens is 1. The Labute approximate surface area is 122 Å². The first-order valence-electron chi connectivity index (χ1n) is 6.68. The number of carboxylic acids is 1. The molecule has 2 rings (SSSR count). The summed E-state index contributed by atoms with van der Waals surface area (Å²) in [6.07, 6.45) is 3.41. The van der Waals surface area contributed by atoms with Crippen LogP contribution >= 0.6 is 11.8 Å². The SMILES string of the molecule is CCC1CN(c2cccc(F)c2/C=C/C(=O)O)CCS1. The molecule has 1 aromatic rings. The second-order valence-electron chi connectivity index (χ2n) is 4.69. The number of aliphatic carboxylic acids is 1. The average molecular weight is 295 g/mol. The highest BCUT2D eigenvalue weighted by atomic mass is 32.2. The van der Waals surface area contributed by atoms with Crippen molar-refractivity contribution in [1.29, 1.82) is 0 Å². The maximum absolute atomic E-state index is 14.0. The summed E-state index contributed by atoms with van der Waals surface area (Å²) < 4.78 is 14.0. The van der Waals surface area contributed by atoms with Gasteiger partial charge in [0.15, 0.2) is 0 Å². The Balaban J connectivity index is 2.30. The van der Waals surface area contributed by atoms with Gasteiger partial charge in [-0.3, -0.25) is 0 Å². The monoisotopic (exact) mass is 295 g/mol. The molecule has 0 amide bonds. The van der Waals surface area contributed by atoms with Crippen molar-refractivity contribution in [3.05, 3.63) is 35.7 Å². The van der Waals surface area contributed by atoms with Crippen LogP contribution in [0.15, 0.2) is 24.3 Å². The molecular formula is C15H18FNO2S. The van der Waals surface area contributed by atoms with Crippen LogP contribution in [0.2, 0.25) is 0 Å². The molecule has 0 saturated carbocycles. The molecule has 1 atom stereocenters. The van der Waals surface area contributed by atoms with Gasteiger partial charge in [-0.2, -0.15) is 11.8 Å². The van der Waals surface area contributed by atoms with Gasteiger partial charge in [-0.05, 0) is 24.6 Å². The van der Waals surface area contributed by atoms with Gasteiger partial charge in [0.25, 0.3) is 0 Å². The molecule has 0 aliphatic carbocycles. The first-order chi connectivity index (χ1) is 9.61. The van der Waals surface area contributed by atoms with Crippen LogP contribution in [0.5, 0.6) is 0 Å². The zero-order valence-corrected chi connectivity index (χ0v) is 12.2. The number of carboxylic acid groups (broad SMARTS) is 1. The fourth-order valence-corrected chi connectivity index (χ4v) is 3.49. The van der Waals surface area contributed by atoms with Crippen LogP contribution < -0.4 is 4.90 Å². The van der Waals surface area contributed by atoms with E-state index in [4.69, 9.17) is 5.11 Å². The van der Waals surface area contributed by atoms with Gasteiger partial charge in [0.1, 0.15) is 5.82 Å². The van der Waals surface area contributed by atoms with Crippen LogP contribution in [0, 0.1) is 5.82 Å². The fraction of sp³-hybridized carbons (Fsp3) is 0.400. The first kappa shape index (κ1) is 14.9. The molecule has 1 saturated heterocycles. The van der Waals surface area contributed by atoms with Crippen molar-refractivity contribution in [2.24, 2.45) is 0 Å². The summed E-state index contributed by atoms with van der Waals surface area (Å²) in [5.41, 5.74) is 1.14. The number of rotatable bonds is 4. The van der Waals surface area contributed by atoms with Crippen LogP contribution in [0.1, 0.15) is 18.9 Å². The van der Waals surface area contributed by atoms with E-state index in [-0.39, 0.29) is 5.82 Å². The average Bonchev–Trinajstić information content (AvgIpc) is 2.45. The highest BCUT2D eigenvalue weighted by molar-refractivity contribution is 8.00. The highest BCUT2D eigenvalue weighted by Gasteiger charge is 2.21. The molecule has 3 nitrogen and oxygen atoms in total. The summed E-state index contributed by atoms with van der Waals surface area (Å²) in [4.78, 5) is 12.8. The van der Waals surface area contributed by atoms with Crippen LogP contribution in [0.3, 0.4) is 0 Å². The predicted octanol–water partition coefficient (Wildman–Crippen LogP) is 3.26. The third-order valence-corrected chi connectivity index (χ3v) is 4.73. The maximum atomic E-state index is 14.0. The number of benzene rings is 1. The Morgan fingerprint density at radius 3 is 3.10 bits per heavy atom. The molecule has 1 aliphatic heterocycles. The lowest BCUT2D eigenvalue weighted by Gasteiger charge is -2.34. The van der Waals surface area contributed by atoms with E-state index in [2.05, 4.69) is 11.8 Å². The number of nitrogens with zero attached hydrogens (tertiary/aromatic N) is 1. The summed E-state index contributed by atoms with van der Waals surface area (Å²) in [5, 5.41) is 9.27. The van der Waals surface area contributed by atoms with Gasteiger partial charge in [0.2, 0.25) is 0 Å². The Kier molecular flexibility index (Phi) is 5.06. The Hall–Kier alpha value is -1.49. The van der Waals surface area contributed by atoms with Crippen molar-refractivity contribution in [3.63, 3.8) is 0 Å². The molecule has 108 valence electrons. The maximum Gasteiger partial charge on any atom is 0.328 e. The van der Waals surface area contributed by atoms with Crippen LogP contribution in [0.25, 0.3) is 6.08 Å². The van der Waals surface area contributed by atoms with Gasteiger partial charge in [-0.15, -0.1) is 0 Å². The summed E-state index contributed by atoms with van der Waals surface area (Å²) in [6, 6.07) is 4.89. The molecule has 1 heterocycles. The van der Waals surface area contributed by atoms with Gasteiger partial charge >= 0.3 is 5.97 Å². The van der Waals surface area contributed by atoms with E-state index in [1.807, 2.05) is 17.8 Å². The number of carbonyl (C=O) groups is 1. The van der Waals surface area contributed by atoms with Crippen LogP contribution in [-0.4, -0.2) is 35.2 Å². The lowest BCUT2D eigenvalue weighted by Crippen LogP contribution is -2.38. The molecule has 1 N–H and O–H groups in total. The number of hydrogen-bond donors (Lipinski definition) is 1. The van der Waals surface area contributed by atoms with Crippen molar-refractivity contribution in [1.82, 2.24) is 0 Å². The number of thioether (sulfide) groups is 1. The minimum absolute atomic E-state index is 0.358. The molecule has 1 unspecified atom stereocenters. The standard InChI is InChI=1S/C15H18FNO2S/c1-2-11-10-17(8-9-20-11)14-5-3-4-13(16)12(14)6-7-15(18)19/h3-7,11H,2,8-10H2,1H3,(H,18,19)/b7-6+. The van der Waals surface area contributed by atoms with Crippen molar-refractivity contribution in [2.45, 2.75) is 18.6 Å². The molecule has 1 fully saturated rings. The minimum Gasteiger partial charge on any atom is -0.478 e. The predicted molar refractivity (Wildman–Crippen MR) is 81.8 cm³/mol. The first-order valence-corrected chi connectivity index (χ1v) is 7.72. The fourth-order valence-electron chi connectivity index (χ4n) is 2.31. The molecule has 0 aromatic heterocycles. The molecular weight excluding hydrogens is 277 g/mol. The van der Waals surface area contributed by atoms with Gasteiger partial charge in [-0.1, -0.05) is 13.0 Å². The van der Waals surface area contributed by atoms with Crippen molar-refractivity contribution in [2.75, 3.05) is 23.7 Å². The van der Waals surface area contributed by atoms with Gasteiger partial charge in [-0.25, -0.2) is 9.18 Å². The summed E-state index contributed by atoms with van der Waals surface area (Å²) >= 11 is 1.94. The van der Waals surface area contributed by atoms with Gasteiger partial charge in [0.05, 0.1) is 0 Å². The van der Waals surface area contributed by atoms with E-state index in [1.54, 1.807) is 6.07 Å². The number of hydrogen-bond acceptors (Lipinski definition) is 3. The quantitative estimate of drug-likeness (QED) is 0.866. The van der Waals surface area contributed by atoms with E-state index in [9.17, 15) is 9.18 Å². The van der Waals surface area contributed by atoms with E-state index in [1.165, 1.54) is 12.1 Å². The molecule has 5 heteroatoms. The molecule has 0 bridgehead atoms. The summed E-state index contributed by atoms with van der Waals surface area (Å²) in [7, 11) is 0. The van der Waals surface area contributed by atoms with E-state index < -0.39 is 5.97 Å². The topological polar surface area (TPSA) is 40.5 Å². The van der Waals surface area contributed by atoms with Gasteiger partial charge < -0.3 is 10.0 Å². The zero-order valence-electron chi connectivity index (χ0n) is 11.4. The molecule has 1 aliphatic rings. The Morgan fingerprint density at radius 2 is 2.40 bits per heavy atom. The second-order valence-corrected chi connectivity index (χ2v) is 6.10. The van der Waals surface area contributed by atoms with E-state index >= 15 is 0 Å². The summed E-state index contributed by atoms with van der Waals surface area (Å²) in [6.45, 7) is 3.88. The molecule has 1 aromatic carbocycles. The lowest BCUT2D eigenvalue weighted by molar-refractivity contribution is -0.131. The van der Waals surface area contributed by atoms with E-state index in [0.29, 0.717) is 10.8 Å². The molecule has 20 heavy (non-hydrogen) atoms. The summed E-state index contributed by atoms with van der Waals surface area (Å²) in [5.74, 6) is -0.442. The van der Waals surface area contributed by atoms with Crippen LogP contribution in [0.4, 0.5) is 10.1 Å². The van der Waals surface area contributed by atoms with Crippen molar-refractivity contribution in [3.8, 4) is 0 Å². The molecule has 0 spiro atoms. The van der Waals surface area contributed by atoms with Gasteiger partial charge in [0, 0.05) is 41.4 Å². The zero-order chi connectivity index (χ0) is 14.5. The molecule has 0 radical (unpaired) electrons. The van der Waals surface area contributed by atoms with Crippen molar-refractivity contribution < 1.29 is 14.3 Å². The smallest absolute Gasteiger partial charge is 0.328 e. The largest absolute Gasteiger partial charge is 0.478 e. The lowest BCUT2D eigenvalue weighted by atomic mass is 10.1. The Bertz CT molecular complexity index is 519. The normalized spacial score (nSPS) is 19.5. The third kappa shape index (κ3) is 3.54. The Morgan fingerprint density at radius 1 is 1.60 bits per heavy atom. The third-order valence-electron chi connectivity index (χ3n) is 3.36. The van der Waals surface area contributed by atoms with E-state index in [0.717, 1.165) is 37.0 Å². The van der Waals surface area contributed by atoms with Crippen molar-refractivity contribution >= 4 is 29.5 Å². The van der Waals surface area contributed by atoms with Crippen LogP contribution in [-0.2, 0) is 4.79 Å². The second kappa shape index (κ2) is 6.79. The highest BCUT2D eigenvalue weighted by Crippen LogP contribution is 2.30. The number of anilines is 1. The minimum atomic E-state index is -1.07.